The number of carbonyl (C=O) groups excluding carboxylic acids is 1. The van der Waals surface area contributed by atoms with Crippen molar-refractivity contribution in [2.24, 2.45) is 0 Å². The van der Waals surface area contributed by atoms with Gasteiger partial charge in [-0.2, -0.15) is 16.3 Å². The summed E-state index contributed by atoms with van der Waals surface area (Å²) in [5.74, 6) is -0.0448. The van der Waals surface area contributed by atoms with Crippen molar-refractivity contribution in [1.29, 1.82) is 0 Å². The molecule has 0 aromatic carbocycles. The molecule has 28 heavy (non-hydrogen) atoms. The van der Waals surface area contributed by atoms with Crippen LogP contribution in [0.4, 0.5) is 0 Å². The minimum Gasteiger partial charge on any atom is -0.347 e. The highest BCUT2D eigenvalue weighted by Gasteiger charge is 2.17. The third-order valence-corrected chi connectivity index (χ3v) is 5.26. The van der Waals surface area contributed by atoms with E-state index in [9.17, 15) is 9.59 Å². The van der Waals surface area contributed by atoms with Gasteiger partial charge in [0.05, 0.1) is 11.7 Å². The number of nitrogens with zero attached hydrogens (tertiary/aromatic N) is 3. The van der Waals surface area contributed by atoms with Gasteiger partial charge in [-0.25, -0.2) is 4.79 Å². The zero-order valence-electron chi connectivity index (χ0n) is 16.1. The molecule has 0 aliphatic rings. The Morgan fingerprint density at radius 2 is 2.14 bits per heavy atom. The predicted molar refractivity (Wildman–Crippen MR) is 110 cm³/mol. The van der Waals surface area contributed by atoms with Crippen molar-refractivity contribution >= 4 is 17.2 Å². The van der Waals surface area contributed by atoms with Crippen molar-refractivity contribution in [3.05, 3.63) is 80.4 Å². The molecule has 1 atom stereocenters. The molecule has 3 rings (SSSR count). The standard InChI is InChI=1S/C21H24N4O2S/c1-15-12-16(2)25(21(27)23-15)10-5-7-20(26)24-19(13-17-8-11-28-14-17)18-6-3-4-9-22-18/h3-4,6,8-9,11-12,14,19H,5,7,10,13H2,1-2H3,(H,24,26). The summed E-state index contributed by atoms with van der Waals surface area (Å²) in [5.41, 5.74) is 3.33. The van der Waals surface area contributed by atoms with E-state index in [4.69, 9.17) is 0 Å². The van der Waals surface area contributed by atoms with Gasteiger partial charge in [-0.1, -0.05) is 6.07 Å². The van der Waals surface area contributed by atoms with Gasteiger partial charge in [-0.05, 0) is 67.3 Å². The first-order valence-electron chi connectivity index (χ1n) is 9.29. The van der Waals surface area contributed by atoms with Gasteiger partial charge in [0.25, 0.3) is 0 Å². The van der Waals surface area contributed by atoms with Crippen LogP contribution in [0.1, 0.15) is 41.5 Å². The monoisotopic (exact) mass is 396 g/mol. The molecule has 7 heteroatoms. The number of hydrogen-bond donors (Lipinski definition) is 1. The van der Waals surface area contributed by atoms with Gasteiger partial charge in [0.2, 0.25) is 5.91 Å². The second kappa shape index (κ2) is 9.41. The van der Waals surface area contributed by atoms with Gasteiger partial charge < -0.3 is 5.32 Å². The molecule has 0 aliphatic carbocycles. The number of pyridine rings is 1. The topological polar surface area (TPSA) is 76.9 Å². The Morgan fingerprint density at radius 1 is 1.29 bits per heavy atom. The summed E-state index contributed by atoms with van der Waals surface area (Å²) in [6.07, 6.45) is 3.35. The molecular formula is C21H24N4O2S. The summed E-state index contributed by atoms with van der Waals surface area (Å²) in [6.45, 7) is 4.16. The Hall–Kier alpha value is -2.80. The summed E-state index contributed by atoms with van der Waals surface area (Å²) in [6, 6.07) is 9.48. The van der Waals surface area contributed by atoms with Gasteiger partial charge in [0.15, 0.2) is 0 Å². The van der Waals surface area contributed by atoms with E-state index in [2.05, 4.69) is 26.7 Å². The lowest BCUT2D eigenvalue weighted by Crippen LogP contribution is -2.31. The van der Waals surface area contributed by atoms with Crippen LogP contribution < -0.4 is 11.0 Å². The van der Waals surface area contributed by atoms with Crippen LogP contribution in [0.2, 0.25) is 0 Å². The smallest absolute Gasteiger partial charge is 0.347 e. The van der Waals surface area contributed by atoms with Crippen LogP contribution in [0, 0.1) is 13.8 Å². The molecule has 1 unspecified atom stereocenters. The van der Waals surface area contributed by atoms with Crippen LogP contribution in [-0.2, 0) is 17.8 Å². The second-order valence-electron chi connectivity index (χ2n) is 6.79. The summed E-state index contributed by atoms with van der Waals surface area (Å²) < 4.78 is 1.61. The van der Waals surface area contributed by atoms with Crippen molar-refractivity contribution in [3.63, 3.8) is 0 Å². The van der Waals surface area contributed by atoms with Crippen molar-refractivity contribution in [2.45, 2.75) is 45.7 Å². The molecule has 0 saturated carbocycles. The van der Waals surface area contributed by atoms with E-state index >= 15 is 0 Å². The van der Waals surface area contributed by atoms with E-state index in [0.29, 0.717) is 31.5 Å². The van der Waals surface area contributed by atoms with Crippen LogP contribution in [0.25, 0.3) is 0 Å². The van der Waals surface area contributed by atoms with Crippen LogP contribution in [0.3, 0.4) is 0 Å². The molecule has 0 aliphatic heterocycles. The second-order valence-corrected chi connectivity index (χ2v) is 7.57. The minimum atomic E-state index is -0.262. The molecule has 1 amide bonds. The highest BCUT2D eigenvalue weighted by atomic mass is 32.1. The highest BCUT2D eigenvalue weighted by Crippen LogP contribution is 2.18. The molecule has 3 aromatic heterocycles. The molecule has 0 spiro atoms. The summed E-state index contributed by atoms with van der Waals surface area (Å²) >= 11 is 1.64. The van der Waals surface area contributed by atoms with E-state index < -0.39 is 0 Å². The highest BCUT2D eigenvalue weighted by molar-refractivity contribution is 7.07. The molecule has 0 radical (unpaired) electrons. The Bertz CT molecular complexity index is 968. The van der Waals surface area contributed by atoms with Gasteiger partial charge in [0.1, 0.15) is 0 Å². The maximum Gasteiger partial charge on any atom is 0.347 e. The molecular weight excluding hydrogens is 372 g/mol. The van der Waals surface area contributed by atoms with Crippen LogP contribution in [0.5, 0.6) is 0 Å². The third-order valence-electron chi connectivity index (χ3n) is 4.53. The first kappa shape index (κ1) is 19.9. The van der Waals surface area contributed by atoms with Gasteiger partial charge in [-0.3, -0.25) is 14.3 Å². The maximum absolute atomic E-state index is 12.5. The molecule has 1 N–H and O–H groups in total. The zero-order chi connectivity index (χ0) is 19.9. The van der Waals surface area contributed by atoms with E-state index in [-0.39, 0.29) is 17.6 Å². The number of amides is 1. The van der Waals surface area contributed by atoms with Crippen molar-refractivity contribution in [2.75, 3.05) is 0 Å². The third kappa shape index (κ3) is 5.36. The lowest BCUT2D eigenvalue weighted by atomic mass is 10.0. The van der Waals surface area contributed by atoms with Crippen molar-refractivity contribution in [1.82, 2.24) is 19.9 Å². The summed E-state index contributed by atoms with van der Waals surface area (Å²) in [5, 5.41) is 7.21. The summed E-state index contributed by atoms with van der Waals surface area (Å²) in [7, 11) is 0. The molecule has 0 fully saturated rings. The molecule has 146 valence electrons. The van der Waals surface area contributed by atoms with Gasteiger partial charge in [-0.15, -0.1) is 0 Å². The number of aromatic nitrogens is 3. The average molecular weight is 397 g/mol. The quantitative estimate of drug-likeness (QED) is 0.634. The number of carbonyl (C=O) groups is 1. The Labute approximate surface area is 168 Å². The first-order chi connectivity index (χ1) is 13.5. The zero-order valence-corrected chi connectivity index (χ0v) is 16.9. The summed E-state index contributed by atoms with van der Waals surface area (Å²) in [4.78, 5) is 32.9. The fraction of sp³-hybridized carbons (Fsp3) is 0.333. The number of aryl methyl sites for hydroxylation is 2. The Morgan fingerprint density at radius 3 is 2.82 bits per heavy atom. The Kier molecular flexibility index (Phi) is 6.71. The average Bonchev–Trinajstić information content (AvgIpc) is 3.17. The largest absolute Gasteiger partial charge is 0.347 e. The lowest BCUT2D eigenvalue weighted by Gasteiger charge is -2.18. The lowest BCUT2D eigenvalue weighted by molar-refractivity contribution is -0.122. The van der Waals surface area contributed by atoms with Crippen molar-refractivity contribution in [3.8, 4) is 0 Å². The number of rotatable bonds is 8. The predicted octanol–water partition coefficient (Wildman–Crippen LogP) is 3.20. The molecule has 6 nitrogen and oxygen atoms in total. The van der Waals surface area contributed by atoms with Gasteiger partial charge in [0, 0.05) is 30.6 Å². The van der Waals surface area contributed by atoms with E-state index in [1.54, 1.807) is 29.0 Å². The SMILES string of the molecule is Cc1cc(C)n(CCCC(=O)NC(Cc2ccsc2)c2ccccn2)c(=O)n1. The molecule has 3 heterocycles. The normalized spacial score (nSPS) is 11.9. The van der Waals surface area contributed by atoms with Crippen LogP contribution >= 0.6 is 11.3 Å². The number of nitrogens with one attached hydrogen (secondary N) is 1. The van der Waals surface area contributed by atoms with Crippen LogP contribution in [-0.4, -0.2) is 20.4 Å². The number of hydrogen-bond acceptors (Lipinski definition) is 5. The molecule has 0 saturated heterocycles. The van der Waals surface area contributed by atoms with E-state index in [1.807, 2.05) is 36.6 Å². The number of thiophene rings is 1. The fourth-order valence-electron chi connectivity index (χ4n) is 3.17. The van der Waals surface area contributed by atoms with E-state index in [0.717, 1.165) is 11.4 Å². The van der Waals surface area contributed by atoms with Crippen LogP contribution in [0.15, 0.2) is 52.1 Å². The first-order valence-corrected chi connectivity index (χ1v) is 10.2. The maximum atomic E-state index is 12.5. The Balaban J connectivity index is 1.60. The van der Waals surface area contributed by atoms with Gasteiger partial charge >= 0.3 is 5.69 Å². The molecule has 3 aromatic rings. The minimum absolute atomic E-state index is 0.0448. The molecule has 0 bridgehead atoms. The van der Waals surface area contributed by atoms with E-state index in [1.165, 1.54) is 5.56 Å². The van der Waals surface area contributed by atoms with Crippen molar-refractivity contribution < 1.29 is 4.79 Å². The fourth-order valence-corrected chi connectivity index (χ4v) is 3.85.